The number of unbranched alkanes of at least 4 members (excludes halogenated alkanes) is 5. The number of nitrogens with zero attached hydrogens (tertiary/aromatic N) is 1. The van der Waals surface area contributed by atoms with Gasteiger partial charge in [-0.2, -0.15) is 0 Å². The molecule has 1 aliphatic heterocycles. The van der Waals surface area contributed by atoms with E-state index in [-0.39, 0.29) is 11.9 Å². The fraction of sp³-hybridized carbons (Fsp3) is 0.619. The molecule has 1 aliphatic rings. The summed E-state index contributed by atoms with van der Waals surface area (Å²) < 4.78 is 20.1. The smallest absolute Gasteiger partial charge is 0.169 e. The van der Waals surface area contributed by atoms with Crippen LogP contribution in [-0.4, -0.2) is 29.2 Å². The summed E-state index contributed by atoms with van der Waals surface area (Å²) in [6.07, 6.45) is 8.91. The lowest BCUT2D eigenvalue weighted by molar-refractivity contribution is 0.175. The summed E-state index contributed by atoms with van der Waals surface area (Å²) in [5.41, 5.74) is 1.33. The first kappa shape index (κ1) is 18.4. The zero-order valence-corrected chi connectivity index (χ0v) is 15.3. The van der Waals surface area contributed by atoms with Crippen molar-refractivity contribution in [2.75, 3.05) is 13.1 Å². The zero-order chi connectivity index (χ0) is 17.6. The van der Waals surface area contributed by atoms with E-state index in [0.717, 1.165) is 42.5 Å². The van der Waals surface area contributed by atoms with Crippen molar-refractivity contribution in [3.8, 4) is 0 Å². The van der Waals surface area contributed by atoms with Gasteiger partial charge in [0.15, 0.2) is 11.4 Å². The Kier molecular flexibility index (Phi) is 6.49. The first-order valence-electron chi connectivity index (χ1n) is 9.77. The fourth-order valence-electron chi connectivity index (χ4n) is 3.73. The van der Waals surface area contributed by atoms with Crippen molar-refractivity contribution in [2.45, 2.75) is 70.9 Å². The van der Waals surface area contributed by atoms with Crippen LogP contribution >= 0.6 is 0 Å². The molecule has 0 bridgehead atoms. The van der Waals surface area contributed by atoms with Crippen molar-refractivity contribution in [3.63, 3.8) is 0 Å². The molecule has 3 nitrogen and oxygen atoms in total. The molecular formula is C21H30FNO2. The van der Waals surface area contributed by atoms with Gasteiger partial charge in [0.2, 0.25) is 0 Å². The first-order valence-corrected chi connectivity index (χ1v) is 9.77. The molecule has 1 N–H and O–H groups in total. The molecule has 0 amide bonds. The van der Waals surface area contributed by atoms with Gasteiger partial charge >= 0.3 is 0 Å². The molecule has 0 radical (unpaired) electrons. The molecule has 0 saturated carbocycles. The van der Waals surface area contributed by atoms with Crippen LogP contribution in [0.3, 0.4) is 0 Å². The predicted molar refractivity (Wildman–Crippen MR) is 99.2 cm³/mol. The lowest BCUT2D eigenvalue weighted by Gasteiger charge is -2.14. The Morgan fingerprint density at radius 2 is 1.96 bits per heavy atom. The maximum absolute atomic E-state index is 14.4. The topological polar surface area (TPSA) is 36.6 Å². The lowest BCUT2D eigenvalue weighted by atomic mass is 10.1. The average Bonchev–Trinajstić information content (AvgIpc) is 3.17. The summed E-state index contributed by atoms with van der Waals surface area (Å²) in [5.74, 6) is 0.611. The van der Waals surface area contributed by atoms with E-state index in [1.54, 1.807) is 6.07 Å². The van der Waals surface area contributed by atoms with Crippen LogP contribution in [0.2, 0.25) is 0 Å². The minimum absolute atomic E-state index is 0.244. The van der Waals surface area contributed by atoms with Crippen LogP contribution < -0.4 is 0 Å². The SMILES string of the molecule is CCCCCCCCc1cc2cc(CN3CC[C@H](O)C3)cc(F)c2o1. The molecule has 2 heterocycles. The first-order chi connectivity index (χ1) is 12.2. The van der Waals surface area contributed by atoms with E-state index in [1.165, 1.54) is 32.1 Å². The van der Waals surface area contributed by atoms with Crippen molar-refractivity contribution in [1.29, 1.82) is 0 Å². The molecule has 138 valence electrons. The van der Waals surface area contributed by atoms with Crippen molar-refractivity contribution in [2.24, 2.45) is 0 Å². The number of aryl methyl sites for hydroxylation is 1. The number of benzene rings is 1. The minimum Gasteiger partial charge on any atom is -0.458 e. The van der Waals surface area contributed by atoms with Crippen molar-refractivity contribution >= 4 is 11.0 Å². The van der Waals surface area contributed by atoms with E-state index in [4.69, 9.17) is 4.42 Å². The van der Waals surface area contributed by atoms with Gasteiger partial charge in [-0.15, -0.1) is 0 Å². The van der Waals surface area contributed by atoms with Crippen molar-refractivity contribution < 1.29 is 13.9 Å². The molecule has 2 aromatic rings. The summed E-state index contributed by atoms with van der Waals surface area (Å²) in [4.78, 5) is 2.17. The van der Waals surface area contributed by atoms with Gasteiger partial charge in [-0.05, 0) is 36.6 Å². The van der Waals surface area contributed by atoms with E-state index in [2.05, 4.69) is 11.8 Å². The van der Waals surface area contributed by atoms with Gasteiger partial charge in [0.1, 0.15) is 5.76 Å². The minimum atomic E-state index is -0.276. The van der Waals surface area contributed by atoms with Crippen LogP contribution in [0, 0.1) is 5.82 Å². The largest absolute Gasteiger partial charge is 0.458 e. The summed E-state index contributed by atoms with van der Waals surface area (Å²) in [6, 6.07) is 5.59. The number of halogens is 1. The zero-order valence-electron chi connectivity index (χ0n) is 15.3. The highest BCUT2D eigenvalue weighted by Crippen LogP contribution is 2.26. The van der Waals surface area contributed by atoms with Gasteiger partial charge in [0.05, 0.1) is 6.10 Å². The number of β-amino-alcohol motifs (C(OH)–C–C–N with tert-alkyl or cyclic N) is 1. The number of hydrogen-bond acceptors (Lipinski definition) is 3. The molecule has 3 rings (SSSR count). The van der Waals surface area contributed by atoms with Gasteiger partial charge in [0.25, 0.3) is 0 Å². The second-order valence-corrected chi connectivity index (χ2v) is 7.40. The van der Waals surface area contributed by atoms with Gasteiger partial charge in [-0.1, -0.05) is 39.0 Å². The highest BCUT2D eigenvalue weighted by Gasteiger charge is 2.20. The highest BCUT2D eigenvalue weighted by molar-refractivity contribution is 5.79. The summed E-state index contributed by atoms with van der Waals surface area (Å²) >= 11 is 0. The monoisotopic (exact) mass is 347 g/mol. The Hall–Kier alpha value is -1.39. The van der Waals surface area contributed by atoms with E-state index < -0.39 is 0 Å². The highest BCUT2D eigenvalue weighted by atomic mass is 19.1. The van der Waals surface area contributed by atoms with E-state index in [0.29, 0.717) is 18.7 Å². The second-order valence-electron chi connectivity index (χ2n) is 7.40. The Morgan fingerprint density at radius 3 is 2.72 bits per heavy atom. The molecule has 0 aliphatic carbocycles. The maximum atomic E-state index is 14.4. The standard InChI is InChI=1S/C21H30FNO2/c1-2-3-4-5-6-7-8-19-13-17-11-16(12-20(22)21(17)25-19)14-23-10-9-18(24)15-23/h11-13,18,24H,2-10,14-15H2,1H3/t18-/m0/s1. The fourth-order valence-corrected chi connectivity index (χ4v) is 3.73. The van der Waals surface area contributed by atoms with Crippen LogP contribution in [0.5, 0.6) is 0 Å². The number of likely N-dealkylation sites (tertiary alicyclic amines) is 1. The third-order valence-corrected chi connectivity index (χ3v) is 5.11. The van der Waals surface area contributed by atoms with Crippen molar-refractivity contribution in [3.05, 3.63) is 35.3 Å². The van der Waals surface area contributed by atoms with Crippen molar-refractivity contribution in [1.82, 2.24) is 4.90 Å². The Balaban J connectivity index is 1.58. The number of fused-ring (bicyclic) bond motifs is 1. The van der Waals surface area contributed by atoms with E-state index in [1.807, 2.05) is 12.1 Å². The predicted octanol–water partition coefficient (Wildman–Crippen LogP) is 5.04. The number of hydrogen-bond donors (Lipinski definition) is 1. The molecular weight excluding hydrogens is 317 g/mol. The average molecular weight is 347 g/mol. The van der Waals surface area contributed by atoms with Gasteiger partial charge in [-0.3, -0.25) is 4.90 Å². The Labute approximate surface area is 149 Å². The van der Waals surface area contributed by atoms with Gasteiger partial charge < -0.3 is 9.52 Å². The summed E-state index contributed by atoms with van der Waals surface area (Å²) in [7, 11) is 0. The molecule has 1 aromatic heterocycles. The van der Waals surface area contributed by atoms with Crippen LogP contribution in [-0.2, 0) is 13.0 Å². The molecule has 4 heteroatoms. The lowest BCUT2D eigenvalue weighted by Crippen LogP contribution is -2.21. The number of furan rings is 1. The van der Waals surface area contributed by atoms with Crippen LogP contribution in [0.25, 0.3) is 11.0 Å². The molecule has 1 saturated heterocycles. The molecule has 1 fully saturated rings. The number of aliphatic hydroxyl groups excluding tert-OH is 1. The van der Waals surface area contributed by atoms with Crippen LogP contribution in [0.4, 0.5) is 4.39 Å². The number of rotatable bonds is 9. The van der Waals surface area contributed by atoms with Crippen LogP contribution in [0.1, 0.15) is 63.2 Å². The molecule has 25 heavy (non-hydrogen) atoms. The van der Waals surface area contributed by atoms with E-state index >= 15 is 0 Å². The quantitative estimate of drug-likeness (QED) is 0.646. The molecule has 0 spiro atoms. The normalized spacial score (nSPS) is 18.4. The van der Waals surface area contributed by atoms with Gasteiger partial charge in [0, 0.05) is 31.4 Å². The van der Waals surface area contributed by atoms with Gasteiger partial charge in [-0.25, -0.2) is 4.39 Å². The molecule has 1 atom stereocenters. The summed E-state index contributed by atoms with van der Waals surface area (Å²) in [6.45, 7) is 4.45. The molecule has 1 aromatic carbocycles. The third-order valence-electron chi connectivity index (χ3n) is 5.11. The Morgan fingerprint density at radius 1 is 1.16 bits per heavy atom. The Bertz CT molecular complexity index is 682. The summed E-state index contributed by atoms with van der Waals surface area (Å²) in [5, 5.41) is 10.5. The molecule has 0 unspecified atom stereocenters. The second kappa shape index (κ2) is 8.81. The number of aliphatic hydroxyl groups is 1. The third kappa shape index (κ3) is 5.05. The van der Waals surface area contributed by atoms with E-state index in [9.17, 15) is 9.50 Å². The maximum Gasteiger partial charge on any atom is 0.169 e. The van der Waals surface area contributed by atoms with Crippen LogP contribution in [0.15, 0.2) is 22.6 Å².